The SMILES string of the molecule is Cc1cc(C)c(C)c(CN(C)C#N)c1C. The van der Waals surface area contributed by atoms with Gasteiger partial charge in [-0.25, -0.2) is 0 Å². The average molecular weight is 202 g/mol. The van der Waals surface area contributed by atoms with Crippen LogP contribution in [-0.4, -0.2) is 11.9 Å². The van der Waals surface area contributed by atoms with Gasteiger partial charge in [0.1, 0.15) is 0 Å². The number of aryl methyl sites for hydroxylation is 2. The fourth-order valence-electron chi connectivity index (χ4n) is 1.81. The lowest BCUT2D eigenvalue weighted by atomic mass is 9.94. The fraction of sp³-hybridized carbons (Fsp3) is 0.462. The third-order valence-electron chi connectivity index (χ3n) is 3.09. The smallest absolute Gasteiger partial charge is 0.179 e. The molecule has 2 heteroatoms. The highest BCUT2D eigenvalue weighted by atomic mass is 15.1. The van der Waals surface area contributed by atoms with Gasteiger partial charge in [0.15, 0.2) is 6.19 Å². The molecule has 1 aromatic rings. The van der Waals surface area contributed by atoms with Crippen LogP contribution in [0.2, 0.25) is 0 Å². The lowest BCUT2D eigenvalue weighted by molar-refractivity contribution is 0.466. The molecule has 0 N–H and O–H groups in total. The summed E-state index contributed by atoms with van der Waals surface area (Å²) < 4.78 is 0. The van der Waals surface area contributed by atoms with Crippen molar-refractivity contribution in [3.8, 4) is 6.19 Å². The summed E-state index contributed by atoms with van der Waals surface area (Å²) in [5.74, 6) is 0. The van der Waals surface area contributed by atoms with Gasteiger partial charge in [0.05, 0.1) is 6.54 Å². The highest BCUT2D eigenvalue weighted by Gasteiger charge is 2.09. The predicted octanol–water partition coefficient (Wildman–Crippen LogP) is 2.83. The maximum absolute atomic E-state index is 8.79. The topological polar surface area (TPSA) is 27.0 Å². The van der Waals surface area contributed by atoms with Crippen molar-refractivity contribution in [2.45, 2.75) is 34.2 Å². The van der Waals surface area contributed by atoms with Crippen LogP contribution in [-0.2, 0) is 6.54 Å². The van der Waals surface area contributed by atoms with Gasteiger partial charge >= 0.3 is 0 Å². The first-order valence-corrected chi connectivity index (χ1v) is 5.14. The van der Waals surface area contributed by atoms with E-state index < -0.39 is 0 Å². The predicted molar refractivity (Wildman–Crippen MR) is 62.5 cm³/mol. The van der Waals surface area contributed by atoms with Gasteiger partial charge in [-0.05, 0) is 55.5 Å². The van der Waals surface area contributed by atoms with Crippen molar-refractivity contribution in [1.29, 1.82) is 5.26 Å². The van der Waals surface area contributed by atoms with Crippen LogP contribution < -0.4 is 0 Å². The first kappa shape index (κ1) is 11.6. The van der Waals surface area contributed by atoms with Gasteiger partial charge in [-0.2, -0.15) is 5.26 Å². The van der Waals surface area contributed by atoms with Crippen LogP contribution in [0, 0.1) is 39.1 Å². The maximum atomic E-state index is 8.79. The molecule has 80 valence electrons. The van der Waals surface area contributed by atoms with Gasteiger partial charge in [-0.15, -0.1) is 0 Å². The Hall–Kier alpha value is -1.49. The Balaban J connectivity index is 3.22. The van der Waals surface area contributed by atoms with Crippen LogP contribution in [0.5, 0.6) is 0 Å². The van der Waals surface area contributed by atoms with E-state index in [-0.39, 0.29) is 0 Å². The van der Waals surface area contributed by atoms with Gasteiger partial charge in [0.2, 0.25) is 0 Å². The molecule has 0 aliphatic rings. The van der Waals surface area contributed by atoms with Crippen molar-refractivity contribution in [2.24, 2.45) is 0 Å². The first-order chi connectivity index (χ1) is 6.97. The number of nitriles is 1. The molecule has 0 bridgehead atoms. The minimum Gasteiger partial charge on any atom is -0.309 e. The average Bonchev–Trinajstić information content (AvgIpc) is 2.21. The van der Waals surface area contributed by atoms with Gasteiger partial charge in [-0.1, -0.05) is 6.07 Å². The van der Waals surface area contributed by atoms with Crippen molar-refractivity contribution in [1.82, 2.24) is 4.90 Å². The van der Waals surface area contributed by atoms with Crippen molar-refractivity contribution >= 4 is 0 Å². The van der Waals surface area contributed by atoms with E-state index >= 15 is 0 Å². The zero-order valence-electron chi connectivity index (χ0n) is 10.2. The second kappa shape index (κ2) is 4.35. The molecule has 0 aliphatic carbocycles. The van der Waals surface area contributed by atoms with Gasteiger partial charge in [0, 0.05) is 7.05 Å². The highest BCUT2D eigenvalue weighted by Crippen LogP contribution is 2.22. The third-order valence-corrected chi connectivity index (χ3v) is 3.09. The van der Waals surface area contributed by atoms with E-state index in [1.807, 2.05) is 7.05 Å². The number of benzene rings is 1. The van der Waals surface area contributed by atoms with Crippen LogP contribution in [0.3, 0.4) is 0 Å². The molecule has 15 heavy (non-hydrogen) atoms. The molecular formula is C13H18N2. The Morgan fingerprint density at radius 1 is 1.13 bits per heavy atom. The van der Waals surface area contributed by atoms with E-state index in [0.717, 1.165) is 0 Å². The Morgan fingerprint density at radius 2 is 1.60 bits per heavy atom. The van der Waals surface area contributed by atoms with Crippen molar-refractivity contribution < 1.29 is 0 Å². The number of nitrogens with zero attached hydrogens (tertiary/aromatic N) is 2. The third kappa shape index (κ3) is 2.30. The van der Waals surface area contributed by atoms with E-state index in [2.05, 4.69) is 40.0 Å². The van der Waals surface area contributed by atoms with Crippen LogP contribution in [0.1, 0.15) is 27.8 Å². The van der Waals surface area contributed by atoms with Crippen LogP contribution >= 0.6 is 0 Å². The number of hydrogen-bond donors (Lipinski definition) is 0. The van der Waals surface area contributed by atoms with Gasteiger partial charge in [0.25, 0.3) is 0 Å². The number of hydrogen-bond acceptors (Lipinski definition) is 2. The standard InChI is InChI=1S/C13H18N2/c1-9-6-10(2)12(4)13(11(9)3)7-15(5)8-14/h6H,7H2,1-5H3. The van der Waals surface area contributed by atoms with E-state index in [1.165, 1.54) is 27.8 Å². The summed E-state index contributed by atoms with van der Waals surface area (Å²) in [5, 5.41) is 8.79. The normalized spacial score (nSPS) is 9.87. The van der Waals surface area contributed by atoms with E-state index in [9.17, 15) is 0 Å². The Kier molecular flexibility index (Phi) is 3.36. The molecule has 0 fully saturated rings. The maximum Gasteiger partial charge on any atom is 0.179 e. The molecule has 0 spiro atoms. The lowest BCUT2D eigenvalue weighted by Gasteiger charge is -2.17. The molecule has 0 saturated heterocycles. The molecular weight excluding hydrogens is 184 g/mol. The summed E-state index contributed by atoms with van der Waals surface area (Å²) in [6.45, 7) is 9.20. The molecule has 0 aromatic heterocycles. The molecule has 0 heterocycles. The van der Waals surface area contributed by atoms with Crippen LogP contribution in [0.25, 0.3) is 0 Å². The second-order valence-corrected chi connectivity index (χ2v) is 4.19. The largest absolute Gasteiger partial charge is 0.309 e. The summed E-state index contributed by atoms with van der Waals surface area (Å²) in [5.41, 5.74) is 6.51. The monoisotopic (exact) mass is 202 g/mol. The molecule has 0 amide bonds. The summed E-state index contributed by atoms with van der Waals surface area (Å²) in [4.78, 5) is 1.66. The zero-order chi connectivity index (χ0) is 11.6. The summed E-state index contributed by atoms with van der Waals surface area (Å²) >= 11 is 0. The second-order valence-electron chi connectivity index (χ2n) is 4.19. The summed E-state index contributed by atoms with van der Waals surface area (Å²) in [6.07, 6.45) is 2.14. The minimum absolute atomic E-state index is 0.705. The zero-order valence-corrected chi connectivity index (χ0v) is 10.2. The van der Waals surface area contributed by atoms with E-state index in [0.29, 0.717) is 6.54 Å². The molecule has 0 unspecified atom stereocenters. The lowest BCUT2D eigenvalue weighted by Crippen LogP contribution is -2.13. The summed E-state index contributed by atoms with van der Waals surface area (Å²) in [7, 11) is 1.82. The van der Waals surface area contributed by atoms with Crippen LogP contribution in [0.4, 0.5) is 0 Å². The van der Waals surface area contributed by atoms with Crippen molar-refractivity contribution in [3.05, 3.63) is 33.9 Å². The Bertz CT molecular complexity index is 387. The Morgan fingerprint density at radius 3 is 2.00 bits per heavy atom. The number of rotatable bonds is 2. The van der Waals surface area contributed by atoms with E-state index in [1.54, 1.807) is 4.90 Å². The molecule has 0 saturated carbocycles. The molecule has 2 nitrogen and oxygen atoms in total. The molecule has 1 rings (SSSR count). The quantitative estimate of drug-likeness (QED) is 0.544. The first-order valence-electron chi connectivity index (χ1n) is 5.14. The van der Waals surface area contributed by atoms with Gasteiger partial charge < -0.3 is 4.90 Å². The molecule has 1 aromatic carbocycles. The van der Waals surface area contributed by atoms with E-state index in [4.69, 9.17) is 5.26 Å². The minimum atomic E-state index is 0.705. The molecule has 0 aliphatic heterocycles. The fourth-order valence-corrected chi connectivity index (χ4v) is 1.81. The van der Waals surface area contributed by atoms with Crippen molar-refractivity contribution in [3.63, 3.8) is 0 Å². The van der Waals surface area contributed by atoms with Gasteiger partial charge in [-0.3, -0.25) is 0 Å². The molecule has 0 atom stereocenters. The Labute approximate surface area is 92.1 Å². The molecule has 0 radical (unpaired) electrons. The highest BCUT2D eigenvalue weighted by molar-refractivity contribution is 5.44. The van der Waals surface area contributed by atoms with Crippen molar-refractivity contribution in [2.75, 3.05) is 7.05 Å². The van der Waals surface area contributed by atoms with Crippen LogP contribution in [0.15, 0.2) is 6.07 Å². The summed E-state index contributed by atoms with van der Waals surface area (Å²) in [6, 6.07) is 2.21.